The van der Waals surface area contributed by atoms with E-state index in [0.29, 0.717) is 17.4 Å². The molecule has 5 rings (SSSR count). The summed E-state index contributed by atoms with van der Waals surface area (Å²) in [6.45, 7) is 0.701. The number of imidazole rings is 1. The number of furan rings is 1. The summed E-state index contributed by atoms with van der Waals surface area (Å²) in [6, 6.07) is 11.0. The van der Waals surface area contributed by atoms with Crippen molar-refractivity contribution in [3.8, 4) is 0 Å². The highest BCUT2D eigenvalue weighted by Crippen LogP contribution is 2.32. The van der Waals surface area contributed by atoms with Crippen LogP contribution in [0, 0.1) is 0 Å². The van der Waals surface area contributed by atoms with Crippen molar-refractivity contribution in [2.45, 2.75) is 25.3 Å². The number of aromatic nitrogens is 3. The van der Waals surface area contributed by atoms with Gasteiger partial charge in [0.25, 0.3) is 5.91 Å². The first-order valence-electron chi connectivity index (χ1n) is 9.71. The molecule has 3 aromatic heterocycles. The van der Waals surface area contributed by atoms with E-state index in [1.807, 2.05) is 29.2 Å². The molecular formula is C21H19N5O3S. The number of anilines is 1. The standard InChI is InChI=1S/C21H19N5O3S/c27-18(11-13-12-30-21(22-13)25-20(28)17-8-4-10-29-17)26-9-3-7-16(26)19-23-14-5-1-2-6-15(14)24-19/h1-2,4-6,8,10,12,16H,3,7,9,11H2,(H,23,24)(H,22,25,28)/t16-/m1/s1. The Morgan fingerprint density at radius 1 is 1.23 bits per heavy atom. The zero-order chi connectivity index (χ0) is 20.5. The van der Waals surface area contributed by atoms with Crippen molar-refractivity contribution in [3.05, 3.63) is 65.3 Å². The fourth-order valence-electron chi connectivity index (χ4n) is 3.75. The number of hydrogen-bond acceptors (Lipinski definition) is 6. The van der Waals surface area contributed by atoms with Crippen molar-refractivity contribution in [3.63, 3.8) is 0 Å². The fraction of sp³-hybridized carbons (Fsp3) is 0.238. The average Bonchev–Trinajstić information content (AvgIpc) is 3.53. The molecule has 8 nitrogen and oxygen atoms in total. The van der Waals surface area contributed by atoms with Crippen LogP contribution < -0.4 is 5.32 Å². The van der Waals surface area contributed by atoms with Crippen LogP contribution in [0.2, 0.25) is 0 Å². The Morgan fingerprint density at radius 3 is 2.97 bits per heavy atom. The highest BCUT2D eigenvalue weighted by atomic mass is 32.1. The number of amides is 2. The Kier molecular flexibility index (Phi) is 4.80. The van der Waals surface area contributed by atoms with Crippen LogP contribution in [0.1, 0.15) is 41.0 Å². The van der Waals surface area contributed by atoms with Crippen molar-refractivity contribution in [1.29, 1.82) is 0 Å². The molecular weight excluding hydrogens is 402 g/mol. The van der Waals surface area contributed by atoms with Crippen LogP contribution in [0.3, 0.4) is 0 Å². The van der Waals surface area contributed by atoms with E-state index in [9.17, 15) is 9.59 Å². The number of aromatic amines is 1. The lowest BCUT2D eigenvalue weighted by Crippen LogP contribution is -2.32. The van der Waals surface area contributed by atoms with E-state index < -0.39 is 0 Å². The number of rotatable bonds is 5. The second-order valence-corrected chi connectivity index (χ2v) is 7.99. The predicted molar refractivity (Wildman–Crippen MR) is 112 cm³/mol. The molecule has 0 radical (unpaired) electrons. The summed E-state index contributed by atoms with van der Waals surface area (Å²) in [7, 11) is 0. The van der Waals surface area contributed by atoms with Gasteiger partial charge < -0.3 is 14.3 Å². The van der Waals surface area contributed by atoms with Crippen LogP contribution in [0.25, 0.3) is 11.0 Å². The van der Waals surface area contributed by atoms with Gasteiger partial charge in [0.1, 0.15) is 5.82 Å². The zero-order valence-electron chi connectivity index (χ0n) is 16.0. The maximum Gasteiger partial charge on any atom is 0.293 e. The van der Waals surface area contributed by atoms with Crippen LogP contribution in [0.15, 0.2) is 52.5 Å². The Labute approximate surface area is 175 Å². The van der Waals surface area contributed by atoms with E-state index in [1.54, 1.807) is 17.5 Å². The number of thiazole rings is 1. The molecule has 2 amide bonds. The van der Waals surface area contributed by atoms with Gasteiger partial charge in [0.2, 0.25) is 5.91 Å². The van der Waals surface area contributed by atoms with Gasteiger partial charge >= 0.3 is 0 Å². The molecule has 0 aliphatic carbocycles. The first-order chi connectivity index (χ1) is 14.7. The molecule has 30 heavy (non-hydrogen) atoms. The molecule has 4 heterocycles. The lowest BCUT2D eigenvalue weighted by Gasteiger charge is -2.22. The molecule has 1 aromatic carbocycles. The molecule has 0 spiro atoms. The SMILES string of the molecule is O=C(Nc1nc(CC(=O)N2CCC[C@@H]2c2nc3ccccc3[nH]2)cs1)c1ccco1. The lowest BCUT2D eigenvalue weighted by atomic mass is 10.2. The van der Waals surface area contributed by atoms with E-state index in [4.69, 9.17) is 4.42 Å². The summed E-state index contributed by atoms with van der Waals surface area (Å²) in [6.07, 6.45) is 3.45. The summed E-state index contributed by atoms with van der Waals surface area (Å²) in [5, 5.41) is 4.92. The van der Waals surface area contributed by atoms with Crippen molar-refractivity contribution in [1.82, 2.24) is 19.9 Å². The van der Waals surface area contributed by atoms with E-state index >= 15 is 0 Å². The second kappa shape index (κ2) is 7.75. The lowest BCUT2D eigenvalue weighted by molar-refractivity contribution is -0.131. The third kappa shape index (κ3) is 3.59. The summed E-state index contributed by atoms with van der Waals surface area (Å²) in [5.41, 5.74) is 2.52. The van der Waals surface area contributed by atoms with Crippen LogP contribution in [-0.4, -0.2) is 38.2 Å². The number of H-pyrrole nitrogens is 1. The number of fused-ring (bicyclic) bond motifs is 1. The third-order valence-corrected chi connectivity index (χ3v) is 5.95. The number of carbonyl (C=O) groups excluding carboxylic acids is 2. The first kappa shape index (κ1) is 18.6. The topological polar surface area (TPSA) is 104 Å². The van der Waals surface area contributed by atoms with Crippen LogP contribution in [0.5, 0.6) is 0 Å². The quantitative estimate of drug-likeness (QED) is 0.510. The summed E-state index contributed by atoms with van der Waals surface area (Å²) >= 11 is 1.29. The van der Waals surface area contributed by atoms with Gasteiger partial charge in [-0.1, -0.05) is 12.1 Å². The predicted octanol–water partition coefficient (Wildman–Crippen LogP) is 3.77. The number of hydrogen-bond donors (Lipinski definition) is 2. The van der Waals surface area contributed by atoms with Crippen molar-refractivity contribution >= 4 is 39.3 Å². The number of nitrogens with zero attached hydrogens (tertiary/aromatic N) is 3. The molecule has 4 aromatic rings. The van der Waals surface area contributed by atoms with Crippen LogP contribution >= 0.6 is 11.3 Å². The number of para-hydroxylation sites is 2. The Balaban J connectivity index is 1.27. The molecule has 1 saturated heterocycles. The van der Waals surface area contributed by atoms with E-state index in [-0.39, 0.29) is 30.0 Å². The monoisotopic (exact) mass is 421 g/mol. The molecule has 1 aliphatic heterocycles. The number of likely N-dealkylation sites (tertiary alicyclic amines) is 1. The summed E-state index contributed by atoms with van der Waals surface area (Å²) in [4.78, 5) is 39.3. The Bertz CT molecular complexity index is 1160. The van der Waals surface area contributed by atoms with Crippen molar-refractivity contribution in [2.75, 3.05) is 11.9 Å². The molecule has 1 fully saturated rings. The second-order valence-electron chi connectivity index (χ2n) is 7.14. The minimum atomic E-state index is -0.364. The van der Waals surface area contributed by atoms with Gasteiger partial charge in [0.15, 0.2) is 10.9 Å². The maximum atomic E-state index is 13.0. The summed E-state index contributed by atoms with van der Waals surface area (Å²) < 4.78 is 5.08. The van der Waals surface area contributed by atoms with Crippen molar-refractivity contribution in [2.24, 2.45) is 0 Å². The minimum Gasteiger partial charge on any atom is -0.459 e. The van der Waals surface area contributed by atoms with Gasteiger partial charge in [-0.2, -0.15) is 0 Å². The summed E-state index contributed by atoms with van der Waals surface area (Å²) in [5.74, 6) is 0.684. The number of benzene rings is 1. The molecule has 1 aliphatic rings. The highest BCUT2D eigenvalue weighted by molar-refractivity contribution is 7.14. The zero-order valence-corrected chi connectivity index (χ0v) is 16.8. The first-order valence-corrected chi connectivity index (χ1v) is 10.6. The van der Waals surface area contributed by atoms with Crippen LogP contribution in [0.4, 0.5) is 5.13 Å². The number of nitrogens with one attached hydrogen (secondary N) is 2. The smallest absolute Gasteiger partial charge is 0.293 e. The molecule has 0 unspecified atom stereocenters. The van der Waals surface area contributed by atoms with Gasteiger partial charge in [-0.25, -0.2) is 9.97 Å². The molecule has 0 saturated carbocycles. The van der Waals surface area contributed by atoms with E-state index in [1.165, 1.54) is 17.6 Å². The van der Waals surface area contributed by atoms with Gasteiger partial charge in [0, 0.05) is 11.9 Å². The molecule has 152 valence electrons. The fourth-order valence-corrected chi connectivity index (χ4v) is 4.45. The van der Waals surface area contributed by atoms with Crippen LogP contribution in [-0.2, 0) is 11.2 Å². The largest absolute Gasteiger partial charge is 0.459 e. The molecule has 0 bridgehead atoms. The van der Waals surface area contributed by atoms with Gasteiger partial charge in [0.05, 0.1) is 35.5 Å². The normalized spacial score (nSPS) is 16.3. The van der Waals surface area contributed by atoms with Gasteiger partial charge in [-0.3, -0.25) is 14.9 Å². The van der Waals surface area contributed by atoms with Gasteiger partial charge in [-0.15, -0.1) is 11.3 Å². The van der Waals surface area contributed by atoms with E-state index in [0.717, 1.165) is 29.7 Å². The Hall–Kier alpha value is -3.46. The van der Waals surface area contributed by atoms with Gasteiger partial charge in [-0.05, 0) is 37.1 Å². The maximum absolute atomic E-state index is 13.0. The molecule has 2 N–H and O–H groups in total. The highest BCUT2D eigenvalue weighted by Gasteiger charge is 2.32. The minimum absolute atomic E-state index is 0.00664. The number of carbonyl (C=O) groups is 2. The Morgan fingerprint density at radius 2 is 2.13 bits per heavy atom. The molecule has 9 heteroatoms. The van der Waals surface area contributed by atoms with E-state index in [2.05, 4.69) is 20.3 Å². The van der Waals surface area contributed by atoms with Crippen molar-refractivity contribution < 1.29 is 14.0 Å². The molecule has 1 atom stereocenters. The third-order valence-electron chi connectivity index (χ3n) is 5.15. The average molecular weight is 421 g/mol.